The summed E-state index contributed by atoms with van der Waals surface area (Å²) in [5.74, 6) is 0. The van der Waals surface area contributed by atoms with Crippen molar-refractivity contribution in [1.29, 1.82) is 0 Å². The molecule has 1 aromatic carbocycles. The van der Waals surface area contributed by atoms with Gasteiger partial charge < -0.3 is 10.6 Å². The molecule has 1 atom stereocenters. The summed E-state index contributed by atoms with van der Waals surface area (Å²) in [6.45, 7) is 3.76. The highest BCUT2D eigenvalue weighted by Gasteiger charge is 2.25. The molecule has 0 amide bonds. The van der Waals surface area contributed by atoms with Gasteiger partial charge in [-0.25, -0.2) is 13.1 Å². The van der Waals surface area contributed by atoms with Crippen LogP contribution in [-0.4, -0.2) is 39.5 Å². The second kappa shape index (κ2) is 6.62. The number of nitrogens with two attached hydrogens (primary N) is 1. The zero-order valence-electron chi connectivity index (χ0n) is 12.4. The molecule has 7 heteroatoms. The molecular formula is C14H22ClN3O2S. The van der Waals surface area contributed by atoms with E-state index in [1.54, 1.807) is 13.0 Å². The van der Waals surface area contributed by atoms with Gasteiger partial charge in [0.15, 0.2) is 0 Å². The number of rotatable bonds is 4. The number of halogens is 1. The van der Waals surface area contributed by atoms with E-state index in [9.17, 15) is 8.42 Å². The minimum absolute atomic E-state index is 0.0616. The van der Waals surface area contributed by atoms with Gasteiger partial charge >= 0.3 is 0 Å². The van der Waals surface area contributed by atoms with Crippen LogP contribution in [0.25, 0.3) is 0 Å². The Kier molecular flexibility index (Phi) is 5.27. The van der Waals surface area contributed by atoms with E-state index in [1.807, 2.05) is 7.05 Å². The van der Waals surface area contributed by atoms with Crippen molar-refractivity contribution in [3.8, 4) is 0 Å². The van der Waals surface area contributed by atoms with Crippen molar-refractivity contribution in [2.24, 2.45) is 5.73 Å². The maximum Gasteiger partial charge on any atom is 0.241 e. The monoisotopic (exact) mass is 331 g/mol. The topological polar surface area (TPSA) is 75.4 Å². The molecule has 1 aromatic rings. The van der Waals surface area contributed by atoms with Gasteiger partial charge in [-0.3, -0.25) is 0 Å². The Bertz CT molecular complexity index is 619. The van der Waals surface area contributed by atoms with Crippen LogP contribution in [-0.2, 0) is 16.6 Å². The van der Waals surface area contributed by atoms with Crippen LogP contribution in [0.1, 0.15) is 24.0 Å². The molecule has 118 valence electrons. The van der Waals surface area contributed by atoms with Gasteiger partial charge in [0.25, 0.3) is 0 Å². The van der Waals surface area contributed by atoms with E-state index in [4.69, 9.17) is 17.3 Å². The molecule has 1 heterocycles. The number of hydrogen-bond acceptors (Lipinski definition) is 4. The normalized spacial score (nSPS) is 20.7. The summed E-state index contributed by atoms with van der Waals surface area (Å²) >= 11 is 6.02. The van der Waals surface area contributed by atoms with Gasteiger partial charge in [-0.15, -0.1) is 0 Å². The van der Waals surface area contributed by atoms with Crippen molar-refractivity contribution < 1.29 is 8.42 Å². The first-order valence-electron chi connectivity index (χ1n) is 7.03. The summed E-state index contributed by atoms with van der Waals surface area (Å²) in [4.78, 5) is 2.36. The zero-order chi connectivity index (χ0) is 15.6. The third-order valence-electron chi connectivity index (χ3n) is 3.89. The van der Waals surface area contributed by atoms with E-state index in [0.29, 0.717) is 10.6 Å². The molecular weight excluding hydrogens is 310 g/mol. The molecule has 0 radical (unpaired) electrons. The van der Waals surface area contributed by atoms with Gasteiger partial charge in [-0.1, -0.05) is 11.6 Å². The Morgan fingerprint density at radius 1 is 1.48 bits per heavy atom. The van der Waals surface area contributed by atoms with Crippen LogP contribution in [0.4, 0.5) is 0 Å². The molecule has 21 heavy (non-hydrogen) atoms. The molecule has 0 aromatic heterocycles. The lowest BCUT2D eigenvalue weighted by atomic mass is 10.1. The highest BCUT2D eigenvalue weighted by molar-refractivity contribution is 7.89. The number of benzene rings is 1. The summed E-state index contributed by atoms with van der Waals surface area (Å²) in [6, 6.07) is 3.14. The van der Waals surface area contributed by atoms with Crippen LogP contribution in [0.5, 0.6) is 0 Å². The summed E-state index contributed by atoms with van der Waals surface area (Å²) in [6.07, 6.45) is 1.85. The Balaban J connectivity index is 2.29. The number of nitrogens with one attached hydrogen (secondary N) is 1. The largest absolute Gasteiger partial charge is 0.326 e. The fraction of sp³-hybridized carbons (Fsp3) is 0.571. The summed E-state index contributed by atoms with van der Waals surface area (Å²) < 4.78 is 28.0. The number of piperidine rings is 1. The van der Waals surface area contributed by atoms with Gasteiger partial charge in [-0.2, -0.15) is 0 Å². The highest BCUT2D eigenvalue weighted by atomic mass is 35.5. The van der Waals surface area contributed by atoms with Gasteiger partial charge in [0, 0.05) is 24.2 Å². The maximum absolute atomic E-state index is 12.6. The lowest BCUT2D eigenvalue weighted by Crippen LogP contribution is -2.46. The zero-order valence-corrected chi connectivity index (χ0v) is 14.0. The quantitative estimate of drug-likeness (QED) is 0.876. The maximum atomic E-state index is 12.6. The number of nitrogens with zero attached hydrogens (tertiary/aromatic N) is 1. The Hall–Kier alpha value is -0.660. The van der Waals surface area contributed by atoms with Crippen LogP contribution in [0, 0.1) is 6.92 Å². The van der Waals surface area contributed by atoms with Crippen LogP contribution in [0.2, 0.25) is 5.02 Å². The van der Waals surface area contributed by atoms with E-state index in [0.717, 1.165) is 31.5 Å². The highest BCUT2D eigenvalue weighted by Crippen LogP contribution is 2.25. The Morgan fingerprint density at radius 2 is 2.19 bits per heavy atom. The van der Waals surface area contributed by atoms with Crippen molar-refractivity contribution in [3.05, 3.63) is 28.3 Å². The molecule has 1 unspecified atom stereocenters. The molecule has 0 bridgehead atoms. The van der Waals surface area contributed by atoms with Crippen molar-refractivity contribution >= 4 is 21.6 Å². The minimum Gasteiger partial charge on any atom is -0.326 e. The molecule has 0 spiro atoms. The van der Waals surface area contributed by atoms with Gasteiger partial charge in [0.1, 0.15) is 0 Å². The summed E-state index contributed by atoms with van der Waals surface area (Å²) in [5, 5.41) is 0.391. The molecule has 0 saturated carbocycles. The summed E-state index contributed by atoms with van der Waals surface area (Å²) in [7, 11) is -1.59. The predicted molar refractivity (Wildman–Crippen MR) is 84.9 cm³/mol. The minimum atomic E-state index is -3.59. The molecule has 5 nitrogen and oxygen atoms in total. The first kappa shape index (κ1) is 16.7. The molecule has 2 rings (SSSR count). The van der Waals surface area contributed by atoms with Crippen LogP contribution in [0.15, 0.2) is 17.0 Å². The van der Waals surface area contributed by atoms with Crippen molar-refractivity contribution in [2.75, 3.05) is 20.1 Å². The first-order valence-corrected chi connectivity index (χ1v) is 8.89. The molecule has 0 aliphatic carbocycles. The van der Waals surface area contributed by atoms with Gasteiger partial charge in [0.05, 0.1) is 4.90 Å². The third kappa shape index (κ3) is 3.96. The Labute approximate surface area is 131 Å². The first-order chi connectivity index (χ1) is 9.83. The van der Waals surface area contributed by atoms with E-state index >= 15 is 0 Å². The molecule has 1 saturated heterocycles. The average molecular weight is 332 g/mol. The van der Waals surface area contributed by atoms with Crippen LogP contribution < -0.4 is 10.5 Å². The van der Waals surface area contributed by atoms with Gasteiger partial charge in [0.2, 0.25) is 10.0 Å². The smallest absolute Gasteiger partial charge is 0.241 e. The SMILES string of the molecule is Cc1c(CN)cc(Cl)cc1S(=O)(=O)NC1CCCN(C)C1. The lowest BCUT2D eigenvalue weighted by molar-refractivity contribution is 0.242. The lowest BCUT2D eigenvalue weighted by Gasteiger charge is -2.30. The van der Waals surface area contributed by atoms with Crippen molar-refractivity contribution in [2.45, 2.75) is 37.2 Å². The number of hydrogen-bond donors (Lipinski definition) is 2. The van der Waals surface area contributed by atoms with Crippen LogP contribution in [0.3, 0.4) is 0 Å². The van der Waals surface area contributed by atoms with Crippen molar-refractivity contribution in [3.63, 3.8) is 0 Å². The van der Waals surface area contributed by atoms with E-state index in [2.05, 4.69) is 9.62 Å². The van der Waals surface area contributed by atoms with E-state index < -0.39 is 10.0 Å². The van der Waals surface area contributed by atoms with Crippen LogP contribution >= 0.6 is 11.6 Å². The second-order valence-electron chi connectivity index (χ2n) is 5.61. The second-order valence-corrected chi connectivity index (χ2v) is 7.73. The number of likely N-dealkylation sites (N-methyl/N-ethyl adjacent to an activating group) is 1. The van der Waals surface area contributed by atoms with E-state index in [-0.39, 0.29) is 17.5 Å². The van der Waals surface area contributed by atoms with E-state index in [1.165, 1.54) is 6.07 Å². The third-order valence-corrected chi connectivity index (χ3v) is 5.75. The molecule has 1 fully saturated rings. The molecule has 1 aliphatic rings. The summed E-state index contributed by atoms with van der Waals surface area (Å²) in [5.41, 5.74) is 7.07. The molecule has 1 aliphatic heterocycles. The van der Waals surface area contributed by atoms with Crippen molar-refractivity contribution in [1.82, 2.24) is 9.62 Å². The Morgan fingerprint density at radius 3 is 2.81 bits per heavy atom. The molecule has 3 N–H and O–H groups in total. The predicted octanol–water partition coefficient (Wildman–Crippen LogP) is 1.48. The average Bonchev–Trinajstić information content (AvgIpc) is 2.40. The number of sulfonamides is 1. The number of likely N-dealkylation sites (tertiary alicyclic amines) is 1. The fourth-order valence-corrected chi connectivity index (χ4v) is 4.62. The standard InChI is InChI=1S/C14H22ClN3O2S/c1-10-11(8-16)6-12(15)7-14(10)21(19,20)17-13-4-3-5-18(2)9-13/h6-7,13,17H,3-5,8-9,16H2,1-2H3. The van der Waals surface area contributed by atoms with Gasteiger partial charge in [-0.05, 0) is 56.6 Å². The fourth-order valence-electron chi connectivity index (χ4n) is 2.74.